The molecule has 0 saturated carbocycles. The molecule has 0 spiro atoms. The Kier molecular flexibility index (Phi) is 4.75. The van der Waals surface area contributed by atoms with E-state index in [1.165, 1.54) is 12.0 Å². The Morgan fingerprint density at radius 1 is 1.39 bits per heavy atom. The molecule has 1 saturated heterocycles. The van der Waals surface area contributed by atoms with Gasteiger partial charge >= 0.3 is 0 Å². The van der Waals surface area contributed by atoms with Crippen LogP contribution in [0, 0.1) is 11.3 Å². The molecule has 1 aromatic heterocycles. The Morgan fingerprint density at radius 3 is 2.83 bits per heavy atom. The molecule has 120 valence electrons. The van der Waals surface area contributed by atoms with Gasteiger partial charge in [-0.15, -0.1) is 0 Å². The number of aliphatic hydroxyl groups excluding tert-OH is 1. The fourth-order valence-electron chi connectivity index (χ4n) is 3.30. The normalized spacial score (nSPS) is 19.6. The number of rotatable bonds is 5. The van der Waals surface area contributed by atoms with E-state index in [0.717, 1.165) is 31.5 Å². The summed E-state index contributed by atoms with van der Waals surface area (Å²) in [5.74, 6) is 0. The highest BCUT2D eigenvalue weighted by Crippen LogP contribution is 2.28. The molecule has 0 aliphatic carbocycles. The second kappa shape index (κ2) is 6.95. The van der Waals surface area contributed by atoms with Crippen molar-refractivity contribution in [2.24, 2.45) is 7.05 Å². The quantitative estimate of drug-likeness (QED) is 0.921. The minimum Gasteiger partial charge on any atom is -0.388 e. The Bertz CT molecular complexity index is 686. The minimum atomic E-state index is -0.463. The van der Waals surface area contributed by atoms with Crippen LogP contribution in [0.15, 0.2) is 36.7 Å². The van der Waals surface area contributed by atoms with Crippen molar-refractivity contribution >= 4 is 0 Å². The van der Waals surface area contributed by atoms with Gasteiger partial charge in [0.1, 0.15) is 0 Å². The number of aromatic nitrogens is 2. The van der Waals surface area contributed by atoms with E-state index in [2.05, 4.69) is 16.1 Å². The predicted molar refractivity (Wildman–Crippen MR) is 87.4 cm³/mol. The van der Waals surface area contributed by atoms with Crippen LogP contribution < -0.4 is 0 Å². The molecule has 2 atom stereocenters. The van der Waals surface area contributed by atoms with E-state index in [-0.39, 0.29) is 0 Å². The number of nitriles is 1. The molecule has 1 aliphatic rings. The van der Waals surface area contributed by atoms with Crippen LogP contribution in [0.1, 0.15) is 42.1 Å². The van der Waals surface area contributed by atoms with Gasteiger partial charge in [0, 0.05) is 31.4 Å². The predicted octanol–water partition coefficient (Wildman–Crippen LogP) is 2.38. The van der Waals surface area contributed by atoms with Crippen molar-refractivity contribution < 1.29 is 5.11 Å². The van der Waals surface area contributed by atoms with Gasteiger partial charge in [0.05, 0.1) is 23.9 Å². The fourth-order valence-corrected chi connectivity index (χ4v) is 3.30. The lowest BCUT2D eigenvalue weighted by molar-refractivity contribution is 0.118. The zero-order valence-electron chi connectivity index (χ0n) is 13.4. The molecule has 1 aliphatic heterocycles. The zero-order valence-corrected chi connectivity index (χ0v) is 13.4. The molecular formula is C18H22N4O. The van der Waals surface area contributed by atoms with Crippen molar-refractivity contribution in [2.45, 2.75) is 38.0 Å². The highest BCUT2D eigenvalue weighted by atomic mass is 16.3. The van der Waals surface area contributed by atoms with Crippen LogP contribution in [-0.2, 0) is 13.6 Å². The second-order valence-electron chi connectivity index (χ2n) is 6.27. The molecule has 2 unspecified atom stereocenters. The van der Waals surface area contributed by atoms with Crippen LogP contribution >= 0.6 is 0 Å². The van der Waals surface area contributed by atoms with E-state index in [0.29, 0.717) is 11.6 Å². The minimum absolute atomic E-state index is 0.390. The van der Waals surface area contributed by atoms with Crippen molar-refractivity contribution in [2.75, 3.05) is 6.54 Å². The molecule has 5 heteroatoms. The van der Waals surface area contributed by atoms with Gasteiger partial charge in [0.2, 0.25) is 0 Å². The number of likely N-dealkylation sites (tertiary alicyclic amines) is 1. The van der Waals surface area contributed by atoms with Crippen LogP contribution in [-0.4, -0.2) is 32.4 Å². The van der Waals surface area contributed by atoms with Crippen LogP contribution in [0.25, 0.3) is 0 Å². The number of aliphatic hydroxyl groups is 1. The smallest absolute Gasteiger partial charge is 0.0991 e. The first-order valence-corrected chi connectivity index (χ1v) is 8.05. The zero-order chi connectivity index (χ0) is 16.2. The van der Waals surface area contributed by atoms with Gasteiger partial charge in [-0.25, -0.2) is 0 Å². The van der Waals surface area contributed by atoms with E-state index in [1.807, 2.05) is 37.5 Å². The van der Waals surface area contributed by atoms with Crippen molar-refractivity contribution in [3.8, 4) is 6.07 Å². The first-order chi connectivity index (χ1) is 11.2. The maximum atomic E-state index is 10.4. The van der Waals surface area contributed by atoms with Crippen molar-refractivity contribution in [1.29, 1.82) is 5.26 Å². The SMILES string of the molecule is Cn1cc(C(O)CC2CCCN2Cc2ccc(C#N)cc2)cn1. The summed E-state index contributed by atoms with van der Waals surface area (Å²) >= 11 is 0. The summed E-state index contributed by atoms with van der Waals surface area (Å²) < 4.78 is 1.72. The number of nitrogens with zero attached hydrogens (tertiary/aromatic N) is 4. The van der Waals surface area contributed by atoms with Gasteiger partial charge in [0.15, 0.2) is 0 Å². The summed E-state index contributed by atoms with van der Waals surface area (Å²) in [5, 5.41) is 23.4. The molecule has 2 aromatic rings. The Hall–Kier alpha value is -2.16. The fraction of sp³-hybridized carbons (Fsp3) is 0.444. The van der Waals surface area contributed by atoms with E-state index < -0.39 is 6.10 Å². The van der Waals surface area contributed by atoms with Crippen molar-refractivity contribution in [1.82, 2.24) is 14.7 Å². The van der Waals surface area contributed by atoms with Gasteiger partial charge in [-0.05, 0) is 43.5 Å². The number of benzene rings is 1. The topological polar surface area (TPSA) is 65.1 Å². The summed E-state index contributed by atoms with van der Waals surface area (Å²) in [6, 6.07) is 10.3. The first-order valence-electron chi connectivity index (χ1n) is 8.05. The molecule has 3 rings (SSSR count). The molecule has 2 heterocycles. The summed E-state index contributed by atoms with van der Waals surface area (Å²) in [6.07, 6.45) is 6.18. The third kappa shape index (κ3) is 3.79. The van der Waals surface area contributed by atoms with Gasteiger partial charge in [-0.1, -0.05) is 12.1 Å². The largest absolute Gasteiger partial charge is 0.388 e. The molecule has 23 heavy (non-hydrogen) atoms. The second-order valence-corrected chi connectivity index (χ2v) is 6.27. The van der Waals surface area contributed by atoms with Gasteiger partial charge in [-0.2, -0.15) is 10.4 Å². The van der Waals surface area contributed by atoms with Crippen LogP contribution in [0.5, 0.6) is 0 Å². The third-order valence-electron chi connectivity index (χ3n) is 4.57. The highest BCUT2D eigenvalue weighted by molar-refractivity contribution is 5.31. The molecule has 1 fully saturated rings. The Balaban J connectivity index is 1.62. The molecule has 0 radical (unpaired) electrons. The summed E-state index contributed by atoms with van der Waals surface area (Å²) in [6.45, 7) is 1.93. The van der Waals surface area contributed by atoms with Gasteiger partial charge in [0.25, 0.3) is 0 Å². The van der Waals surface area contributed by atoms with Crippen LogP contribution in [0.3, 0.4) is 0 Å². The lowest BCUT2D eigenvalue weighted by atomic mass is 10.0. The molecule has 5 nitrogen and oxygen atoms in total. The van der Waals surface area contributed by atoms with Gasteiger partial charge in [-0.3, -0.25) is 9.58 Å². The Morgan fingerprint density at radius 2 is 2.17 bits per heavy atom. The third-order valence-corrected chi connectivity index (χ3v) is 4.57. The van der Waals surface area contributed by atoms with Crippen LogP contribution in [0.2, 0.25) is 0 Å². The average Bonchev–Trinajstić information content (AvgIpc) is 3.17. The van der Waals surface area contributed by atoms with Gasteiger partial charge < -0.3 is 5.11 Å². The number of aryl methyl sites for hydroxylation is 1. The van der Waals surface area contributed by atoms with E-state index in [9.17, 15) is 5.11 Å². The average molecular weight is 310 g/mol. The van der Waals surface area contributed by atoms with Crippen molar-refractivity contribution in [3.63, 3.8) is 0 Å². The van der Waals surface area contributed by atoms with Crippen LogP contribution in [0.4, 0.5) is 0 Å². The van der Waals surface area contributed by atoms with E-state index in [1.54, 1.807) is 10.9 Å². The van der Waals surface area contributed by atoms with E-state index >= 15 is 0 Å². The van der Waals surface area contributed by atoms with Crippen molar-refractivity contribution in [3.05, 3.63) is 53.3 Å². The first kappa shape index (κ1) is 15.7. The molecule has 1 N–H and O–H groups in total. The standard InChI is InChI=1S/C18H22N4O/c1-21-13-16(11-20-21)18(23)9-17-3-2-8-22(17)12-15-6-4-14(10-19)5-7-15/h4-7,11,13,17-18,23H,2-3,8-9,12H2,1H3. The summed E-state index contributed by atoms with van der Waals surface area (Å²) in [5.41, 5.74) is 2.79. The number of hydrogen-bond acceptors (Lipinski definition) is 4. The highest BCUT2D eigenvalue weighted by Gasteiger charge is 2.27. The monoisotopic (exact) mass is 310 g/mol. The molecule has 0 bridgehead atoms. The molecule has 1 aromatic carbocycles. The Labute approximate surface area is 136 Å². The van der Waals surface area contributed by atoms with E-state index in [4.69, 9.17) is 5.26 Å². The lowest BCUT2D eigenvalue weighted by Crippen LogP contribution is -2.30. The maximum absolute atomic E-state index is 10.4. The summed E-state index contributed by atoms with van der Waals surface area (Å²) in [7, 11) is 1.86. The molecule has 0 amide bonds. The number of hydrogen-bond donors (Lipinski definition) is 1. The maximum Gasteiger partial charge on any atom is 0.0991 e. The lowest BCUT2D eigenvalue weighted by Gasteiger charge is -2.26. The summed E-state index contributed by atoms with van der Waals surface area (Å²) in [4.78, 5) is 2.43. The molecular weight excluding hydrogens is 288 g/mol.